The van der Waals surface area contributed by atoms with Crippen molar-refractivity contribution in [1.82, 2.24) is 0 Å². The molecule has 0 atom stereocenters. The highest BCUT2D eigenvalue weighted by molar-refractivity contribution is 5.30. The summed E-state index contributed by atoms with van der Waals surface area (Å²) >= 11 is 0. The minimum atomic E-state index is -3.66. The van der Waals surface area contributed by atoms with Gasteiger partial charge in [-0.15, -0.1) is 6.58 Å². The average Bonchev–Trinajstić information content (AvgIpc) is 2.93. The molecule has 0 radical (unpaired) electrons. The molecule has 38 heavy (non-hydrogen) atoms. The number of benzene rings is 2. The van der Waals surface area contributed by atoms with Gasteiger partial charge in [-0.1, -0.05) is 48.6 Å². The molecule has 2 aromatic rings. The molecule has 0 unspecified atom stereocenters. The minimum absolute atomic E-state index is 0.170. The quantitative estimate of drug-likeness (QED) is 0.266. The van der Waals surface area contributed by atoms with Gasteiger partial charge in [0.1, 0.15) is 5.82 Å². The van der Waals surface area contributed by atoms with Gasteiger partial charge in [0, 0.05) is 0 Å². The maximum Gasteiger partial charge on any atom is 0.386 e. The molecule has 0 spiro atoms. The molecular weight excluding hydrogens is 481 g/mol. The second-order valence-electron chi connectivity index (χ2n) is 11.3. The van der Waals surface area contributed by atoms with Crippen molar-refractivity contribution in [3.05, 3.63) is 95.3 Å². The molecular formula is C34H43F3O. The Kier molecular flexibility index (Phi) is 10.3. The van der Waals surface area contributed by atoms with Crippen LogP contribution in [0, 0.1) is 17.7 Å². The minimum Gasteiger partial charge on any atom is -0.316 e. The maximum absolute atomic E-state index is 14.8. The Morgan fingerprint density at radius 2 is 1.53 bits per heavy atom. The van der Waals surface area contributed by atoms with E-state index in [4.69, 9.17) is 4.74 Å². The van der Waals surface area contributed by atoms with Crippen LogP contribution >= 0.6 is 0 Å². The molecule has 2 aliphatic rings. The lowest BCUT2D eigenvalue weighted by atomic mass is 9.77. The molecule has 0 N–H and O–H groups in total. The smallest absolute Gasteiger partial charge is 0.316 e. The van der Waals surface area contributed by atoms with E-state index in [0.717, 1.165) is 49.7 Å². The molecule has 2 aliphatic carbocycles. The lowest BCUT2D eigenvalue weighted by Crippen LogP contribution is -2.22. The van der Waals surface area contributed by atoms with Crippen LogP contribution in [-0.2, 0) is 17.3 Å². The van der Waals surface area contributed by atoms with Crippen LogP contribution in [0.3, 0.4) is 0 Å². The fourth-order valence-corrected chi connectivity index (χ4v) is 6.41. The first-order chi connectivity index (χ1) is 18.4. The van der Waals surface area contributed by atoms with Crippen LogP contribution in [0.15, 0.2) is 67.3 Å². The molecule has 4 heteroatoms. The van der Waals surface area contributed by atoms with Crippen molar-refractivity contribution < 1.29 is 17.9 Å². The molecule has 206 valence electrons. The first-order valence-electron chi connectivity index (χ1n) is 14.5. The van der Waals surface area contributed by atoms with Gasteiger partial charge in [-0.2, -0.15) is 8.78 Å². The topological polar surface area (TPSA) is 9.23 Å². The van der Waals surface area contributed by atoms with Crippen LogP contribution in [0.25, 0.3) is 0 Å². The average molecular weight is 525 g/mol. The fourth-order valence-electron chi connectivity index (χ4n) is 6.41. The van der Waals surface area contributed by atoms with E-state index in [1.54, 1.807) is 6.07 Å². The summed E-state index contributed by atoms with van der Waals surface area (Å²) in [6, 6.07) is 12.4. The molecule has 0 aromatic heterocycles. The van der Waals surface area contributed by atoms with Crippen molar-refractivity contribution in [3.63, 3.8) is 0 Å². The summed E-state index contributed by atoms with van der Waals surface area (Å²) in [5, 5.41) is 0. The number of rotatable bonds is 11. The van der Waals surface area contributed by atoms with E-state index >= 15 is 0 Å². The van der Waals surface area contributed by atoms with E-state index in [1.165, 1.54) is 43.4 Å². The fraction of sp³-hybridized carbons (Fsp3) is 0.529. The Labute approximate surface area is 227 Å². The van der Waals surface area contributed by atoms with Gasteiger partial charge in [-0.25, -0.2) is 4.39 Å². The molecule has 0 bridgehead atoms. The number of halogens is 3. The van der Waals surface area contributed by atoms with Crippen molar-refractivity contribution in [1.29, 1.82) is 0 Å². The Morgan fingerprint density at radius 1 is 0.895 bits per heavy atom. The number of ether oxygens (including phenoxy) is 1. The van der Waals surface area contributed by atoms with Gasteiger partial charge in [-0.3, -0.25) is 0 Å². The van der Waals surface area contributed by atoms with Crippen LogP contribution in [0.5, 0.6) is 0 Å². The molecule has 0 aliphatic heterocycles. The van der Waals surface area contributed by atoms with E-state index < -0.39 is 17.5 Å². The molecule has 0 amide bonds. The predicted octanol–water partition coefficient (Wildman–Crippen LogP) is 10.2. The van der Waals surface area contributed by atoms with Gasteiger partial charge >= 0.3 is 6.11 Å². The third-order valence-corrected chi connectivity index (χ3v) is 8.77. The monoisotopic (exact) mass is 524 g/mol. The van der Waals surface area contributed by atoms with Gasteiger partial charge in [0.15, 0.2) is 0 Å². The van der Waals surface area contributed by atoms with Gasteiger partial charge in [-0.05, 0) is 130 Å². The Hall–Kier alpha value is -2.33. The Morgan fingerprint density at radius 3 is 2.16 bits per heavy atom. The molecule has 2 saturated carbocycles. The number of alkyl halides is 2. The number of hydrogen-bond donors (Lipinski definition) is 0. The first kappa shape index (κ1) is 28.7. The summed E-state index contributed by atoms with van der Waals surface area (Å²) in [7, 11) is 0. The van der Waals surface area contributed by atoms with Gasteiger partial charge in [0.25, 0.3) is 0 Å². The van der Waals surface area contributed by atoms with E-state index in [2.05, 4.69) is 37.8 Å². The second-order valence-corrected chi connectivity index (χ2v) is 11.3. The van der Waals surface area contributed by atoms with E-state index in [9.17, 15) is 13.2 Å². The summed E-state index contributed by atoms with van der Waals surface area (Å²) in [4.78, 5) is 0. The maximum atomic E-state index is 14.8. The standard InChI is InChI=1S/C34H43F3O/c1-3-5-7-26-10-18-30(19-11-26)31-20-21-32(33(35)24-31)34(36,37)38-23-22-27-12-16-29(17-13-27)28-14-8-25(6-4-2)9-15-28/h3-4,6,12-13,16-17,20-21,24-26,28,30H,1,5,7-11,14-15,18-19,22-23H2,2H3/b6-4+. The van der Waals surface area contributed by atoms with Crippen LogP contribution in [-0.4, -0.2) is 6.61 Å². The van der Waals surface area contributed by atoms with Crippen molar-refractivity contribution in [3.8, 4) is 0 Å². The van der Waals surface area contributed by atoms with Crippen LogP contribution in [0.1, 0.15) is 105 Å². The third-order valence-electron chi connectivity index (χ3n) is 8.77. The van der Waals surface area contributed by atoms with E-state index in [1.807, 2.05) is 18.2 Å². The molecule has 2 aromatic carbocycles. The molecule has 4 rings (SSSR count). The van der Waals surface area contributed by atoms with Crippen molar-refractivity contribution in [2.45, 2.75) is 95.5 Å². The normalized spacial score (nSPS) is 24.5. The second kappa shape index (κ2) is 13.6. The zero-order valence-electron chi connectivity index (χ0n) is 22.8. The summed E-state index contributed by atoms with van der Waals surface area (Å²) in [6.07, 6.45) is 14.2. The van der Waals surface area contributed by atoms with Crippen LogP contribution in [0.4, 0.5) is 13.2 Å². The predicted molar refractivity (Wildman–Crippen MR) is 150 cm³/mol. The lowest BCUT2D eigenvalue weighted by molar-refractivity contribution is -0.249. The highest BCUT2D eigenvalue weighted by atomic mass is 19.3. The van der Waals surface area contributed by atoms with Crippen LogP contribution < -0.4 is 0 Å². The number of hydrogen-bond acceptors (Lipinski definition) is 1. The third kappa shape index (κ3) is 7.62. The highest BCUT2D eigenvalue weighted by Crippen LogP contribution is 2.40. The molecule has 1 nitrogen and oxygen atoms in total. The lowest BCUT2D eigenvalue weighted by Gasteiger charge is -2.29. The molecule has 2 fully saturated rings. The zero-order chi connectivity index (χ0) is 27.0. The highest BCUT2D eigenvalue weighted by Gasteiger charge is 2.36. The van der Waals surface area contributed by atoms with Gasteiger partial charge in [0.05, 0.1) is 12.2 Å². The SMILES string of the molecule is C=CCCC1CCC(c2ccc(C(F)(F)OCCc3ccc(C4CCC(/C=C/C)CC4)cc3)c(F)c2)CC1. The summed E-state index contributed by atoms with van der Waals surface area (Å²) < 4.78 is 49.3. The Balaban J connectivity index is 1.26. The molecule has 0 saturated heterocycles. The van der Waals surface area contributed by atoms with Crippen LogP contribution in [0.2, 0.25) is 0 Å². The zero-order valence-corrected chi connectivity index (χ0v) is 22.8. The van der Waals surface area contributed by atoms with E-state index in [0.29, 0.717) is 24.2 Å². The summed E-state index contributed by atoms with van der Waals surface area (Å²) in [5.41, 5.74) is 2.42. The Bertz CT molecular complexity index is 1040. The van der Waals surface area contributed by atoms with Crippen molar-refractivity contribution in [2.24, 2.45) is 11.8 Å². The first-order valence-corrected chi connectivity index (χ1v) is 14.5. The molecule has 0 heterocycles. The summed E-state index contributed by atoms with van der Waals surface area (Å²) in [6.45, 7) is 5.70. The van der Waals surface area contributed by atoms with Crippen molar-refractivity contribution in [2.75, 3.05) is 6.61 Å². The summed E-state index contributed by atoms with van der Waals surface area (Å²) in [5.74, 6) is 1.31. The largest absolute Gasteiger partial charge is 0.386 e. The van der Waals surface area contributed by atoms with Gasteiger partial charge < -0.3 is 4.74 Å². The number of allylic oxidation sites excluding steroid dienone is 3. The van der Waals surface area contributed by atoms with Gasteiger partial charge in [0.2, 0.25) is 0 Å². The van der Waals surface area contributed by atoms with E-state index in [-0.39, 0.29) is 12.5 Å². The van der Waals surface area contributed by atoms with Crippen molar-refractivity contribution >= 4 is 0 Å².